The second-order valence-corrected chi connectivity index (χ2v) is 6.38. The number of nitrogens with two attached hydrogens (primary N) is 1. The maximum absolute atomic E-state index is 12.2. The molecule has 0 unspecified atom stereocenters. The molecule has 7 nitrogen and oxygen atoms in total. The molecule has 1 fully saturated rings. The van der Waals surface area contributed by atoms with Crippen molar-refractivity contribution in [1.82, 2.24) is 15.2 Å². The zero-order valence-corrected chi connectivity index (χ0v) is 14.0. The Kier molecular flexibility index (Phi) is 4.95. The van der Waals surface area contributed by atoms with Gasteiger partial charge in [0.25, 0.3) is 0 Å². The summed E-state index contributed by atoms with van der Waals surface area (Å²) in [7, 11) is 0. The lowest BCUT2D eigenvalue weighted by Gasteiger charge is -2.34. The summed E-state index contributed by atoms with van der Waals surface area (Å²) < 4.78 is 0. The minimum absolute atomic E-state index is 0.0761. The van der Waals surface area contributed by atoms with Crippen LogP contribution in [0.5, 0.6) is 0 Å². The van der Waals surface area contributed by atoms with Gasteiger partial charge < -0.3 is 20.9 Å². The molecule has 3 amide bonds. The molecule has 1 aromatic carbocycles. The first-order valence-electron chi connectivity index (χ1n) is 7.69. The van der Waals surface area contributed by atoms with Crippen molar-refractivity contribution in [2.75, 3.05) is 31.1 Å². The molecule has 0 atom stereocenters. The second-order valence-electron chi connectivity index (χ2n) is 5.51. The van der Waals surface area contributed by atoms with Gasteiger partial charge in [-0.25, -0.2) is 9.78 Å². The van der Waals surface area contributed by atoms with E-state index in [9.17, 15) is 9.59 Å². The molecule has 24 heavy (non-hydrogen) atoms. The first-order valence-corrected chi connectivity index (χ1v) is 8.57. The third-order valence-electron chi connectivity index (χ3n) is 3.94. The van der Waals surface area contributed by atoms with E-state index < -0.39 is 5.91 Å². The Morgan fingerprint density at radius 2 is 1.88 bits per heavy atom. The summed E-state index contributed by atoms with van der Waals surface area (Å²) in [5.41, 5.74) is 6.59. The molecule has 1 saturated heterocycles. The minimum atomic E-state index is -0.455. The van der Waals surface area contributed by atoms with Gasteiger partial charge in [-0.05, 0) is 17.7 Å². The molecule has 2 aromatic rings. The maximum Gasteiger partial charge on any atom is 0.317 e. The summed E-state index contributed by atoms with van der Waals surface area (Å²) in [6.07, 6.45) is 1.79. The third kappa shape index (κ3) is 3.83. The van der Waals surface area contributed by atoms with Crippen LogP contribution in [-0.2, 0) is 6.54 Å². The van der Waals surface area contributed by atoms with Crippen molar-refractivity contribution >= 4 is 28.4 Å². The van der Waals surface area contributed by atoms with Crippen molar-refractivity contribution in [3.63, 3.8) is 0 Å². The van der Waals surface area contributed by atoms with E-state index in [2.05, 4.69) is 15.2 Å². The van der Waals surface area contributed by atoms with Crippen LogP contribution >= 0.6 is 11.3 Å². The molecular weight excluding hydrogens is 326 g/mol. The number of benzene rings is 1. The number of amides is 3. The smallest absolute Gasteiger partial charge is 0.317 e. The molecule has 3 rings (SSSR count). The van der Waals surface area contributed by atoms with Gasteiger partial charge in [0.15, 0.2) is 5.13 Å². The summed E-state index contributed by atoms with van der Waals surface area (Å²) in [6, 6.07) is 6.84. The first kappa shape index (κ1) is 16.3. The Labute approximate surface area is 144 Å². The Hall–Kier alpha value is -2.61. The van der Waals surface area contributed by atoms with E-state index in [1.807, 2.05) is 10.3 Å². The lowest BCUT2D eigenvalue weighted by molar-refractivity contribution is 0.1000. The zero-order chi connectivity index (χ0) is 16.9. The SMILES string of the molecule is NC(=O)c1ccc(CNC(=O)N2CCN(c3nccs3)CC2)cc1. The van der Waals surface area contributed by atoms with Crippen molar-refractivity contribution in [3.05, 3.63) is 47.0 Å². The van der Waals surface area contributed by atoms with E-state index >= 15 is 0 Å². The topological polar surface area (TPSA) is 91.6 Å². The summed E-state index contributed by atoms with van der Waals surface area (Å²) in [5.74, 6) is -0.455. The summed E-state index contributed by atoms with van der Waals surface area (Å²) in [6.45, 7) is 3.34. The predicted molar refractivity (Wildman–Crippen MR) is 93.1 cm³/mol. The largest absolute Gasteiger partial charge is 0.366 e. The number of urea groups is 1. The van der Waals surface area contributed by atoms with Crippen LogP contribution in [0.3, 0.4) is 0 Å². The average Bonchev–Trinajstić information content (AvgIpc) is 3.15. The van der Waals surface area contributed by atoms with Gasteiger partial charge in [0.05, 0.1) is 0 Å². The Morgan fingerprint density at radius 3 is 2.46 bits per heavy atom. The summed E-state index contributed by atoms with van der Waals surface area (Å²) in [5, 5.41) is 5.87. The van der Waals surface area contributed by atoms with Crippen molar-refractivity contribution in [2.45, 2.75) is 6.54 Å². The molecule has 0 aliphatic carbocycles. The average molecular weight is 345 g/mol. The van der Waals surface area contributed by atoms with E-state index in [-0.39, 0.29) is 6.03 Å². The molecule has 126 valence electrons. The van der Waals surface area contributed by atoms with E-state index in [0.717, 1.165) is 23.8 Å². The number of anilines is 1. The van der Waals surface area contributed by atoms with Gasteiger partial charge in [-0.1, -0.05) is 12.1 Å². The molecule has 1 aromatic heterocycles. The number of nitrogens with zero attached hydrogens (tertiary/aromatic N) is 3. The molecule has 0 radical (unpaired) electrons. The fourth-order valence-electron chi connectivity index (χ4n) is 2.55. The van der Waals surface area contributed by atoms with Crippen LogP contribution in [0.2, 0.25) is 0 Å². The van der Waals surface area contributed by atoms with Crippen molar-refractivity contribution in [1.29, 1.82) is 0 Å². The zero-order valence-electron chi connectivity index (χ0n) is 13.1. The standard InChI is InChI=1S/C16H19N5O2S/c17-14(22)13-3-1-12(2-4-13)11-19-15(23)20-6-8-21(9-7-20)16-18-5-10-24-16/h1-5,10H,6-9,11H2,(H2,17,22)(H,19,23). The number of rotatable bonds is 4. The predicted octanol–water partition coefficient (Wildman–Crippen LogP) is 1.27. The normalized spacial score (nSPS) is 14.5. The van der Waals surface area contributed by atoms with E-state index in [0.29, 0.717) is 25.2 Å². The highest BCUT2D eigenvalue weighted by molar-refractivity contribution is 7.13. The molecule has 0 saturated carbocycles. The van der Waals surface area contributed by atoms with Gasteiger partial charge in [-0.2, -0.15) is 0 Å². The number of hydrogen-bond acceptors (Lipinski definition) is 5. The number of nitrogens with one attached hydrogen (secondary N) is 1. The monoisotopic (exact) mass is 345 g/mol. The Morgan fingerprint density at radius 1 is 1.17 bits per heavy atom. The fourth-order valence-corrected chi connectivity index (χ4v) is 3.25. The van der Waals surface area contributed by atoms with Crippen molar-refractivity contribution < 1.29 is 9.59 Å². The molecule has 8 heteroatoms. The quantitative estimate of drug-likeness (QED) is 0.873. The highest BCUT2D eigenvalue weighted by atomic mass is 32.1. The van der Waals surface area contributed by atoms with Gasteiger partial charge in [0.2, 0.25) is 5.91 Å². The molecular formula is C16H19N5O2S. The summed E-state index contributed by atoms with van der Waals surface area (Å²) in [4.78, 5) is 31.6. The molecule has 1 aliphatic heterocycles. The van der Waals surface area contributed by atoms with Crippen LogP contribution in [0.25, 0.3) is 0 Å². The number of primary amides is 1. The van der Waals surface area contributed by atoms with E-state index in [1.165, 1.54) is 0 Å². The van der Waals surface area contributed by atoms with Crippen LogP contribution in [-0.4, -0.2) is 48.0 Å². The number of hydrogen-bond donors (Lipinski definition) is 2. The maximum atomic E-state index is 12.2. The number of thiazole rings is 1. The highest BCUT2D eigenvalue weighted by Crippen LogP contribution is 2.18. The molecule has 2 heterocycles. The minimum Gasteiger partial charge on any atom is -0.366 e. The number of piperazine rings is 1. The Bertz CT molecular complexity index is 694. The van der Waals surface area contributed by atoms with Gasteiger partial charge in [-0.3, -0.25) is 4.79 Å². The third-order valence-corrected chi connectivity index (χ3v) is 4.77. The highest BCUT2D eigenvalue weighted by Gasteiger charge is 2.22. The van der Waals surface area contributed by atoms with E-state index in [1.54, 1.807) is 41.8 Å². The number of aromatic nitrogens is 1. The van der Waals surface area contributed by atoms with Crippen molar-refractivity contribution in [3.8, 4) is 0 Å². The molecule has 1 aliphatic rings. The second kappa shape index (κ2) is 7.31. The number of carbonyl (C=O) groups is 2. The lowest BCUT2D eigenvalue weighted by atomic mass is 10.1. The van der Waals surface area contributed by atoms with Gasteiger partial charge >= 0.3 is 6.03 Å². The fraction of sp³-hybridized carbons (Fsp3) is 0.312. The molecule has 0 spiro atoms. The van der Waals surface area contributed by atoms with Crippen LogP contribution in [0.1, 0.15) is 15.9 Å². The van der Waals surface area contributed by atoms with Crippen LogP contribution in [0.15, 0.2) is 35.8 Å². The number of carbonyl (C=O) groups excluding carboxylic acids is 2. The first-order chi connectivity index (χ1) is 11.6. The molecule has 3 N–H and O–H groups in total. The van der Waals surface area contributed by atoms with Gasteiger partial charge in [0, 0.05) is 49.9 Å². The van der Waals surface area contributed by atoms with Gasteiger partial charge in [0.1, 0.15) is 0 Å². The summed E-state index contributed by atoms with van der Waals surface area (Å²) >= 11 is 1.61. The van der Waals surface area contributed by atoms with Crippen LogP contribution in [0, 0.1) is 0 Å². The molecule has 0 bridgehead atoms. The van der Waals surface area contributed by atoms with Crippen LogP contribution in [0.4, 0.5) is 9.93 Å². The van der Waals surface area contributed by atoms with Crippen molar-refractivity contribution in [2.24, 2.45) is 5.73 Å². The van der Waals surface area contributed by atoms with Gasteiger partial charge in [-0.15, -0.1) is 11.3 Å². The lowest BCUT2D eigenvalue weighted by Crippen LogP contribution is -2.51. The van der Waals surface area contributed by atoms with Crippen LogP contribution < -0.4 is 16.0 Å². The Balaban J connectivity index is 1.46. The van der Waals surface area contributed by atoms with E-state index in [4.69, 9.17) is 5.73 Å².